The van der Waals surface area contributed by atoms with Crippen molar-refractivity contribution in [3.63, 3.8) is 0 Å². The highest BCUT2D eigenvalue weighted by atomic mass is 16.6. The topological polar surface area (TPSA) is 67.2 Å². The summed E-state index contributed by atoms with van der Waals surface area (Å²) in [6, 6.07) is 10.2. The lowest BCUT2D eigenvalue weighted by Crippen LogP contribution is -2.25. The molecule has 17 heavy (non-hydrogen) atoms. The summed E-state index contributed by atoms with van der Waals surface area (Å²) in [5.41, 5.74) is 1.28. The maximum atomic E-state index is 10.3. The fourth-order valence-electron chi connectivity index (χ4n) is 1.46. The van der Waals surface area contributed by atoms with E-state index < -0.39 is 4.92 Å². The van der Waals surface area contributed by atoms with Gasteiger partial charge in [0.15, 0.2) is 5.82 Å². The monoisotopic (exact) mass is 235 g/mol. The Hall–Kier alpha value is -2.04. The molecule has 0 radical (unpaired) electrons. The number of aryl methyl sites for hydroxylation is 1. The third kappa shape index (κ3) is 5.55. The maximum absolute atomic E-state index is 10.3. The average Bonchev–Trinajstić information content (AvgIpc) is 2.34. The van der Waals surface area contributed by atoms with Crippen LogP contribution < -0.4 is 10.6 Å². The van der Waals surface area contributed by atoms with Crippen LogP contribution in [0.2, 0.25) is 0 Å². The van der Waals surface area contributed by atoms with Crippen molar-refractivity contribution in [2.24, 2.45) is 0 Å². The van der Waals surface area contributed by atoms with Gasteiger partial charge in [-0.1, -0.05) is 30.3 Å². The summed E-state index contributed by atoms with van der Waals surface area (Å²) in [5, 5.41) is 16.0. The van der Waals surface area contributed by atoms with Gasteiger partial charge in [0.2, 0.25) is 0 Å². The molecule has 1 aromatic carbocycles. The van der Waals surface area contributed by atoms with E-state index in [-0.39, 0.29) is 0 Å². The molecule has 0 saturated carbocycles. The third-order valence-corrected chi connectivity index (χ3v) is 2.30. The average molecular weight is 235 g/mol. The van der Waals surface area contributed by atoms with Gasteiger partial charge in [0.05, 0.1) is 4.92 Å². The summed E-state index contributed by atoms with van der Waals surface area (Å²) in [7, 11) is 1.65. The van der Waals surface area contributed by atoms with Crippen LogP contribution in [0.1, 0.15) is 12.0 Å². The van der Waals surface area contributed by atoms with Gasteiger partial charge in [0.25, 0.3) is 6.20 Å². The van der Waals surface area contributed by atoms with Crippen molar-refractivity contribution in [1.29, 1.82) is 0 Å². The smallest absolute Gasteiger partial charge is 0.274 e. The summed E-state index contributed by atoms with van der Waals surface area (Å²) in [5.74, 6) is 0.433. The first-order valence-corrected chi connectivity index (χ1v) is 5.53. The third-order valence-electron chi connectivity index (χ3n) is 2.30. The molecule has 0 amide bonds. The summed E-state index contributed by atoms with van der Waals surface area (Å²) >= 11 is 0. The van der Waals surface area contributed by atoms with Gasteiger partial charge in [-0.05, 0) is 18.4 Å². The molecule has 5 heteroatoms. The Morgan fingerprint density at radius 1 is 1.41 bits per heavy atom. The number of nitrogens with one attached hydrogen (secondary N) is 2. The number of hydrogen-bond donors (Lipinski definition) is 2. The first-order chi connectivity index (χ1) is 8.22. The highest BCUT2D eigenvalue weighted by Crippen LogP contribution is 2.01. The van der Waals surface area contributed by atoms with E-state index in [2.05, 4.69) is 22.8 Å². The maximum Gasteiger partial charge on any atom is 0.274 e. The molecule has 0 heterocycles. The minimum atomic E-state index is -0.476. The summed E-state index contributed by atoms with van der Waals surface area (Å²) < 4.78 is 0. The SMILES string of the molecule is CNC(=C[N+](=O)[O-])NCCCc1ccccc1. The zero-order chi connectivity index (χ0) is 12.5. The molecule has 0 spiro atoms. The van der Waals surface area contributed by atoms with Crippen LogP contribution in [0.5, 0.6) is 0 Å². The number of hydrogen-bond acceptors (Lipinski definition) is 4. The van der Waals surface area contributed by atoms with Gasteiger partial charge in [-0.3, -0.25) is 10.1 Å². The van der Waals surface area contributed by atoms with Crippen LogP contribution in [-0.4, -0.2) is 18.5 Å². The molecule has 0 aliphatic heterocycles. The molecule has 0 aliphatic rings. The quantitative estimate of drug-likeness (QED) is 0.427. The van der Waals surface area contributed by atoms with Crippen molar-refractivity contribution < 1.29 is 4.92 Å². The number of benzene rings is 1. The molecule has 5 nitrogen and oxygen atoms in total. The van der Waals surface area contributed by atoms with E-state index in [1.165, 1.54) is 5.56 Å². The summed E-state index contributed by atoms with van der Waals surface area (Å²) in [4.78, 5) is 9.80. The van der Waals surface area contributed by atoms with Crippen LogP contribution in [-0.2, 0) is 6.42 Å². The second-order valence-corrected chi connectivity index (χ2v) is 3.59. The minimum Gasteiger partial charge on any atom is -0.370 e. The molecule has 2 N–H and O–H groups in total. The molecule has 0 fully saturated rings. The Bertz CT molecular complexity index is 377. The van der Waals surface area contributed by atoms with Crippen LogP contribution in [0.3, 0.4) is 0 Å². The Labute approximate surface area is 101 Å². The Morgan fingerprint density at radius 3 is 2.71 bits per heavy atom. The van der Waals surface area contributed by atoms with Crippen molar-refractivity contribution in [1.82, 2.24) is 10.6 Å². The second-order valence-electron chi connectivity index (χ2n) is 3.59. The zero-order valence-corrected chi connectivity index (χ0v) is 9.85. The van der Waals surface area contributed by atoms with Crippen molar-refractivity contribution in [2.45, 2.75) is 12.8 Å². The Balaban J connectivity index is 2.26. The van der Waals surface area contributed by atoms with E-state index in [4.69, 9.17) is 0 Å². The van der Waals surface area contributed by atoms with Crippen LogP contribution in [0, 0.1) is 10.1 Å². The molecule has 0 atom stereocenters. The number of nitrogens with zero attached hydrogens (tertiary/aromatic N) is 1. The molecule has 0 saturated heterocycles. The second kappa shape index (κ2) is 7.27. The first kappa shape index (κ1) is 13.0. The largest absolute Gasteiger partial charge is 0.370 e. The summed E-state index contributed by atoms with van der Waals surface area (Å²) in [6.45, 7) is 0.704. The van der Waals surface area contributed by atoms with E-state index in [1.54, 1.807) is 7.05 Å². The highest BCUT2D eigenvalue weighted by Gasteiger charge is 1.99. The van der Waals surface area contributed by atoms with Gasteiger partial charge in [-0.25, -0.2) is 0 Å². The van der Waals surface area contributed by atoms with Gasteiger partial charge in [-0.15, -0.1) is 0 Å². The Kier molecular flexibility index (Phi) is 5.57. The Morgan fingerprint density at radius 2 is 2.12 bits per heavy atom. The standard InChI is InChI=1S/C12H17N3O2/c1-13-12(10-15(16)17)14-9-5-8-11-6-3-2-4-7-11/h2-4,6-7,10,13-14H,5,8-9H2,1H3. The van der Waals surface area contributed by atoms with Gasteiger partial charge < -0.3 is 10.6 Å². The van der Waals surface area contributed by atoms with Gasteiger partial charge in [0.1, 0.15) is 0 Å². The van der Waals surface area contributed by atoms with Crippen LogP contribution in [0.15, 0.2) is 42.4 Å². The molecule has 0 unspecified atom stereocenters. The van der Waals surface area contributed by atoms with Gasteiger partial charge in [0, 0.05) is 13.6 Å². The molecular weight excluding hydrogens is 218 g/mol. The lowest BCUT2D eigenvalue weighted by Gasteiger charge is -2.07. The number of nitro groups is 1. The van der Waals surface area contributed by atoms with E-state index in [1.807, 2.05) is 18.2 Å². The molecule has 0 aromatic heterocycles. The van der Waals surface area contributed by atoms with E-state index >= 15 is 0 Å². The van der Waals surface area contributed by atoms with Crippen molar-refractivity contribution in [3.8, 4) is 0 Å². The van der Waals surface area contributed by atoms with Gasteiger partial charge in [-0.2, -0.15) is 0 Å². The molecule has 1 rings (SSSR count). The fourth-order valence-corrected chi connectivity index (χ4v) is 1.46. The van der Waals surface area contributed by atoms with Crippen molar-refractivity contribution >= 4 is 0 Å². The molecular formula is C12H17N3O2. The zero-order valence-electron chi connectivity index (χ0n) is 9.85. The van der Waals surface area contributed by atoms with E-state index in [0.29, 0.717) is 12.4 Å². The molecule has 92 valence electrons. The highest BCUT2D eigenvalue weighted by molar-refractivity contribution is 5.14. The molecule has 0 bridgehead atoms. The van der Waals surface area contributed by atoms with Crippen LogP contribution in [0.25, 0.3) is 0 Å². The minimum absolute atomic E-state index is 0.433. The predicted molar refractivity (Wildman–Crippen MR) is 66.9 cm³/mol. The fraction of sp³-hybridized carbons (Fsp3) is 0.333. The van der Waals surface area contributed by atoms with Crippen LogP contribution in [0.4, 0.5) is 0 Å². The van der Waals surface area contributed by atoms with Crippen LogP contribution >= 0.6 is 0 Å². The number of rotatable bonds is 7. The normalized spacial score (nSPS) is 11.0. The lowest BCUT2D eigenvalue weighted by molar-refractivity contribution is -0.404. The predicted octanol–water partition coefficient (Wildman–Crippen LogP) is 1.50. The van der Waals surface area contributed by atoms with Crippen molar-refractivity contribution in [3.05, 3.63) is 58.0 Å². The van der Waals surface area contributed by atoms with E-state index in [0.717, 1.165) is 19.0 Å². The van der Waals surface area contributed by atoms with E-state index in [9.17, 15) is 10.1 Å². The molecule has 1 aromatic rings. The molecule has 0 aliphatic carbocycles. The van der Waals surface area contributed by atoms with Gasteiger partial charge >= 0.3 is 0 Å². The summed E-state index contributed by atoms with van der Waals surface area (Å²) in [6.07, 6.45) is 2.83. The first-order valence-electron chi connectivity index (χ1n) is 5.53. The lowest BCUT2D eigenvalue weighted by atomic mass is 10.1. The van der Waals surface area contributed by atoms with Crippen molar-refractivity contribution in [2.75, 3.05) is 13.6 Å².